The summed E-state index contributed by atoms with van der Waals surface area (Å²) in [7, 11) is 0. The number of unbranched alkanes of at least 4 members (excludes halogenated alkanes) is 9. The molecule has 2 heteroatoms. The second kappa shape index (κ2) is 17.0. The minimum atomic E-state index is 0. The summed E-state index contributed by atoms with van der Waals surface area (Å²) in [4.78, 5) is 0. The van der Waals surface area contributed by atoms with Crippen molar-refractivity contribution < 1.29 is 5.48 Å². The summed E-state index contributed by atoms with van der Waals surface area (Å²) in [6, 6.07) is 0. The largest absolute Gasteiger partial charge is 0.412 e. The van der Waals surface area contributed by atoms with Crippen LogP contribution in [0.15, 0.2) is 0 Å². The highest BCUT2D eigenvalue weighted by molar-refractivity contribution is 4.96. The molecular formula is C24H51NO. The molecule has 2 nitrogen and oxygen atoms in total. The van der Waals surface area contributed by atoms with E-state index in [1.165, 1.54) is 122 Å². The van der Waals surface area contributed by atoms with Crippen LogP contribution in [0, 0.1) is 5.92 Å². The number of hydrogen-bond donors (Lipinski definition) is 1. The van der Waals surface area contributed by atoms with E-state index < -0.39 is 0 Å². The van der Waals surface area contributed by atoms with Crippen molar-refractivity contribution >= 4 is 0 Å². The first-order chi connectivity index (χ1) is 12.3. The van der Waals surface area contributed by atoms with Gasteiger partial charge in [0.1, 0.15) is 0 Å². The van der Waals surface area contributed by atoms with Gasteiger partial charge in [-0.1, -0.05) is 104 Å². The molecule has 0 heterocycles. The van der Waals surface area contributed by atoms with Crippen LogP contribution in [-0.2, 0) is 0 Å². The fourth-order valence-electron chi connectivity index (χ4n) is 5.13. The molecule has 158 valence electrons. The van der Waals surface area contributed by atoms with Crippen LogP contribution in [0.1, 0.15) is 136 Å². The van der Waals surface area contributed by atoms with Crippen LogP contribution in [0.3, 0.4) is 0 Å². The normalized spacial score (nSPS) is 23.0. The second-order valence-electron chi connectivity index (χ2n) is 8.75. The highest BCUT2D eigenvalue weighted by Gasteiger charge is 2.38. The van der Waals surface area contributed by atoms with Crippen molar-refractivity contribution in [3.63, 3.8) is 0 Å². The molecule has 2 atom stereocenters. The first-order valence-corrected chi connectivity index (χ1v) is 12.0. The Morgan fingerprint density at radius 3 is 1.92 bits per heavy atom. The summed E-state index contributed by atoms with van der Waals surface area (Å²) in [6.07, 6.45) is 25.8. The zero-order valence-electron chi connectivity index (χ0n) is 18.5. The van der Waals surface area contributed by atoms with Gasteiger partial charge in [-0.15, -0.1) is 0 Å². The molecular weight excluding hydrogens is 318 g/mol. The summed E-state index contributed by atoms with van der Waals surface area (Å²) in [5, 5.41) is 4.10. The van der Waals surface area contributed by atoms with E-state index in [1.54, 1.807) is 0 Å². The van der Waals surface area contributed by atoms with Gasteiger partial charge in [0.05, 0.1) is 0 Å². The molecule has 1 rings (SSSR count). The van der Waals surface area contributed by atoms with E-state index in [4.69, 9.17) is 0 Å². The van der Waals surface area contributed by atoms with Crippen molar-refractivity contribution in [2.45, 2.75) is 142 Å². The number of nitrogens with one attached hydrogen (secondary N) is 1. The number of hydrogen-bond acceptors (Lipinski definition) is 1. The summed E-state index contributed by atoms with van der Waals surface area (Å²) in [6.45, 7) is 8.31. The molecule has 0 saturated heterocycles. The Balaban J connectivity index is 0.00000625. The van der Waals surface area contributed by atoms with Crippen molar-refractivity contribution in [2.75, 3.05) is 6.54 Å². The monoisotopic (exact) mass is 369 g/mol. The first kappa shape index (κ1) is 25.9. The molecule has 1 aliphatic rings. The lowest BCUT2D eigenvalue weighted by molar-refractivity contribution is 0.119. The van der Waals surface area contributed by atoms with E-state index in [0.717, 1.165) is 5.92 Å². The maximum atomic E-state index is 4.10. The van der Waals surface area contributed by atoms with Gasteiger partial charge in [-0.25, -0.2) is 0 Å². The van der Waals surface area contributed by atoms with Crippen molar-refractivity contribution in [2.24, 2.45) is 5.92 Å². The summed E-state index contributed by atoms with van der Waals surface area (Å²) >= 11 is 0. The van der Waals surface area contributed by atoms with Gasteiger partial charge in [0.15, 0.2) is 0 Å². The zero-order valence-corrected chi connectivity index (χ0v) is 18.5. The van der Waals surface area contributed by atoms with Gasteiger partial charge >= 0.3 is 0 Å². The van der Waals surface area contributed by atoms with Gasteiger partial charge < -0.3 is 10.8 Å². The molecule has 0 amide bonds. The Kier molecular flexibility index (Phi) is 17.0. The van der Waals surface area contributed by atoms with Crippen molar-refractivity contribution in [3.05, 3.63) is 0 Å². The van der Waals surface area contributed by atoms with Gasteiger partial charge in [0.2, 0.25) is 0 Å². The van der Waals surface area contributed by atoms with Gasteiger partial charge in [-0.3, -0.25) is 0 Å². The van der Waals surface area contributed by atoms with Crippen LogP contribution in [0.25, 0.3) is 0 Å². The van der Waals surface area contributed by atoms with Gasteiger partial charge in [-0.05, 0) is 44.6 Å². The molecule has 0 aliphatic heterocycles. The highest BCUT2D eigenvalue weighted by Crippen LogP contribution is 2.39. The van der Waals surface area contributed by atoms with E-state index in [-0.39, 0.29) is 5.48 Å². The minimum absolute atomic E-state index is 0. The van der Waals surface area contributed by atoms with Crippen molar-refractivity contribution in [1.29, 1.82) is 0 Å². The second-order valence-corrected chi connectivity index (χ2v) is 8.75. The third kappa shape index (κ3) is 10.3. The van der Waals surface area contributed by atoms with Gasteiger partial charge in [0, 0.05) is 5.54 Å². The molecule has 0 bridgehead atoms. The van der Waals surface area contributed by atoms with Crippen LogP contribution < -0.4 is 5.32 Å². The molecule has 2 unspecified atom stereocenters. The van der Waals surface area contributed by atoms with Crippen LogP contribution >= 0.6 is 0 Å². The molecule has 1 saturated carbocycles. The lowest BCUT2D eigenvalue weighted by Crippen LogP contribution is -2.53. The fourth-order valence-corrected chi connectivity index (χ4v) is 5.13. The third-order valence-electron chi connectivity index (χ3n) is 6.55. The third-order valence-corrected chi connectivity index (χ3v) is 6.55. The Bertz CT molecular complexity index is 288. The Morgan fingerprint density at radius 2 is 1.35 bits per heavy atom. The van der Waals surface area contributed by atoms with Gasteiger partial charge in [0.25, 0.3) is 0 Å². The fraction of sp³-hybridized carbons (Fsp3) is 1.00. The van der Waals surface area contributed by atoms with Crippen LogP contribution in [-0.4, -0.2) is 17.6 Å². The lowest BCUT2D eigenvalue weighted by Gasteiger charge is -2.46. The quantitative estimate of drug-likeness (QED) is 0.287. The van der Waals surface area contributed by atoms with E-state index in [1.807, 2.05) is 0 Å². The molecule has 1 aliphatic carbocycles. The molecule has 0 spiro atoms. The zero-order chi connectivity index (χ0) is 18.2. The van der Waals surface area contributed by atoms with Crippen LogP contribution in [0.5, 0.6) is 0 Å². The van der Waals surface area contributed by atoms with Crippen molar-refractivity contribution in [1.82, 2.24) is 5.32 Å². The van der Waals surface area contributed by atoms with Crippen molar-refractivity contribution in [3.8, 4) is 0 Å². The smallest absolute Gasteiger partial charge is 0.0209 e. The first-order valence-electron chi connectivity index (χ1n) is 12.0. The topological polar surface area (TPSA) is 43.5 Å². The lowest BCUT2D eigenvalue weighted by atomic mass is 9.68. The average Bonchev–Trinajstić information content (AvgIpc) is 2.62. The Labute approximate surface area is 165 Å². The van der Waals surface area contributed by atoms with E-state index >= 15 is 0 Å². The summed E-state index contributed by atoms with van der Waals surface area (Å²) < 4.78 is 0. The minimum Gasteiger partial charge on any atom is -0.412 e. The average molecular weight is 370 g/mol. The summed E-state index contributed by atoms with van der Waals surface area (Å²) in [5.41, 5.74) is 0.488. The highest BCUT2D eigenvalue weighted by atomic mass is 16.0. The molecule has 3 N–H and O–H groups in total. The Morgan fingerprint density at radius 1 is 0.731 bits per heavy atom. The Hall–Kier alpha value is -0.0800. The summed E-state index contributed by atoms with van der Waals surface area (Å²) in [5.74, 6) is 0.939. The molecule has 0 aromatic rings. The van der Waals surface area contributed by atoms with Crippen LogP contribution in [0.4, 0.5) is 0 Å². The SMILES string of the molecule is CCCCCCCCCCCCNC1(CCC)CCCCC1CCC.O. The van der Waals surface area contributed by atoms with E-state index in [2.05, 4.69) is 26.1 Å². The standard InChI is InChI=1S/C24H49N.H2O/c1-4-7-8-9-10-11-12-13-14-17-22-25-24(20-6-3)21-16-15-19-23(24)18-5-2;/h23,25H,4-22H2,1-3H3;1H2. The predicted molar refractivity (Wildman–Crippen MR) is 118 cm³/mol. The maximum Gasteiger partial charge on any atom is 0.0209 e. The van der Waals surface area contributed by atoms with E-state index in [0.29, 0.717) is 5.54 Å². The van der Waals surface area contributed by atoms with E-state index in [9.17, 15) is 0 Å². The molecule has 0 aromatic carbocycles. The maximum absolute atomic E-state index is 4.10. The molecule has 0 radical (unpaired) electrons. The van der Waals surface area contributed by atoms with Crippen LogP contribution in [0.2, 0.25) is 0 Å². The van der Waals surface area contributed by atoms with Gasteiger partial charge in [-0.2, -0.15) is 0 Å². The number of rotatable bonds is 16. The molecule has 1 fully saturated rings. The predicted octanol–water partition coefficient (Wildman–Crippen LogP) is 7.20. The molecule has 26 heavy (non-hydrogen) atoms. The molecule has 0 aromatic heterocycles.